The van der Waals surface area contributed by atoms with E-state index in [0.717, 1.165) is 62.6 Å². The minimum Gasteiger partial charge on any atom is -0.378 e. The smallest absolute Gasteiger partial charge is 0.244 e. The molecule has 3 aliphatic rings. The first-order valence-electron chi connectivity index (χ1n) is 9.71. The number of amides is 3. The molecule has 1 aromatic carbocycles. The van der Waals surface area contributed by atoms with Crippen molar-refractivity contribution in [3.63, 3.8) is 0 Å². The van der Waals surface area contributed by atoms with Crippen LogP contribution in [0.3, 0.4) is 0 Å². The van der Waals surface area contributed by atoms with Gasteiger partial charge in [-0.05, 0) is 37.1 Å². The zero-order chi connectivity index (χ0) is 18.8. The minimum atomic E-state index is -0.338. The van der Waals surface area contributed by atoms with Crippen molar-refractivity contribution in [2.75, 3.05) is 43.1 Å². The number of hydrogen-bond acceptors (Lipinski definition) is 5. The zero-order valence-corrected chi connectivity index (χ0v) is 15.4. The summed E-state index contributed by atoms with van der Waals surface area (Å²) >= 11 is 0. The molecule has 1 aromatic rings. The third kappa shape index (κ3) is 3.69. The van der Waals surface area contributed by atoms with Gasteiger partial charge in [0, 0.05) is 24.5 Å². The quantitative estimate of drug-likeness (QED) is 0.814. The van der Waals surface area contributed by atoms with E-state index in [2.05, 4.69) is 10.2 Å². The molecular weight excluding hydrogens is 346 g/mol. The van der Waals surface area contributed by atoms with Crippen molar-refractivity contribution in [3.8, 4) is 0 Å². The number of carbonyl (C=O) groups excluding carboxylic acids is 3. The third-order valence-electron chi connectivity index (χ3n) is 5.76. The summed E-state index contributed by atoms with van der Waals surface area (Å²) in [6.45, 7) is 2.95. The van der Waals surface area contributed by atoms with Gasteiger partial charge in [-0.1, -0.05) is 12.8 Å². The number of likely N-dealkylation sites (tertiary alicyclic amines) is 1. The Kier molecular flexibility index (Phi) is 5.11. The van der Waals surface area contributed by atoms with Gasteiger partial charge in [-0.3, -0.25) is 19.3 Å². The summed E-state index contributed by atoms with van der Waals surface area (Å²) in [7, 11) is 0. The van der Waals surface area contributed by atoms with Gasteiger partial charge in [0.15, 0.2) is 0 Å². The van der Waals surface area contributed by atoms with Gasteiger partial charge in [0.25, 0.3) is 0 Å². The Morgan fingerprint density at radius 1 is 1.00 bits per heavy atom. The van der Waals surface area contributed by atoms with E-state index >= 15 is 0 Å². The first kappa shape index (κ1) is 18.0. The molecule has 0 radical (unpaired) electrons. The van der Waals surface area contributed by atoms with Crippen molar-refractivity contribution in [2.45, 2.75) is 25.7 Å². The first-order valence-corrected chi connectivity index (χ1v) is 9.71. The molecular formula is C20H25N3O4. The van der Waals surface area contributed by atoms with Crippen LogP contribution in [0.4, 0.5) is 11.4 Å². The molecule has 1 aliphatic carbocycles. The van der Waals surface area contributed by atoms with Crippen molar-refractivity contribution in [1.29, 1.82) is 0 Å². The van der Waals surface area contributed by atoms with Crippen molar-refractivity contribution < 1.29 is 19.1 Å². The van der Waals surface area contributed by atoms with Crippen molar-refractivity contribution >= 4 is 29.1 Å². The second kappa shape index (κ2) is 7.68. The van der Waals surface area contributed by atoms with Crippen LogP contribution in [-0.2, 0) is 19.1 Å². The molecule has 2 aliphatic heterocycles. The van der Waals surface area contributed by atoms with E-state index in [1.165, 1.54) is 0 Å². The fourth-order valence-corrected chi connectivity index (χ4v) is 4.31. The van der Waals surface area contributed by atoms with E-state index in [1.54, 1.807) is 0 Å². The zero-order valence-electron chi connectivity index (χ0n) is 15.4. The molecule has 2 heterocycles. The van der Waals surface area contributed by atoms with Crippen LogP contribution in [0, 0.1) is 11.8 Å². The largest absolute Gasteiger partial charge is 0.378 e. The number of nitrogens with zero attached hydrogens (tertiary/aromatic N) is 2. The lowest BCUT2D eigenvalue weighted by Crippen LogP contribution is -2.38. The molecule has 27 heavy (non-hydrogen) atoms. The molecule has 4 rings (SSSR count). The SMILES string of the molecule is O=C(CN1C(=O)[C@@H]2CCCC[C@H]2C1=O)Nc1ccc(N2CCOCC2)cc1. The van der Waals surface area contributed by atoms with Crippen LogP contribution in [0.5, 0.6) is 0 Å². The van der Waals surface area contributed by atoms with Crippen LogP contribution in [-0.4, -0.2) is 55.5 Å². The van der Waals surface area contributed by atoms with E-state index in [1.807, 2.05) is 24.3 Å². The predicted molar refractivity (Wildman–Crippen MR) is 100 cm³/mol. The number of nitrogens with one attached hydrogen (secondary N) is 1. The number of hydrogen-bond donors (Lipinski definition) is 1. The number of imide groups is 1. The van der Waals surface area contributed by atoms with Crippen LogP contribution in [0.2, 0.25) is 0 Å². The molecule has 2 atom stereocenters. The third-order valence-corrected chi connectivity index (χ3v) is 5.76. The van der Waals surface area contributed by atoms with Crippen LogP contribution >= 0.6 is 0 Å². The maximum atomic E-state index is 12.5. The normalized spacial score (nSPS) is 25.5. The van der Waals surface area contributed by atoms with E-state index in [9.17, 15) is 14.4 Å². The molecule has 0 aromatic heterocycles. The molecule has 0 unspecified atom stereocenters. The monoisotopic (exact) mass is 371 g/mol. The molecule has 1 N–H and O–H groups in total. The lowest BCUT2D eigenvalue weighted by atomic mass is 9.81. The maximum Gasteiger partial charge on any atom is 0.244 e. The molecule has 0 spiro atoms. The topological polar surface area (TPSA) is 79.0 Å². The Labute approximate surface area is 158 Å². The van der Waals surface area contributed by atoms with Crippen LogP contribution < -0.4 is 10.2 Å². The first-order chi connectivity index (χ1) is 13.1. The Bertz CT molecular complexity index is 703. The summed E-state index contributed by atoms with van der Waals surface area (Å²) in [5, 5.41) is 2.79. The predicted octanol–water partition coefficient (Wildman–Crippen LogP) is 1.64. The fourth-order valence-electron chi connectivity index (χ4n) is 4.31. The summed E-state index contributed by atoms with van der Waals surface area (Å²) in [4.78, 5) is 40.7. The van der Waals surface area contributed by atoms with Gasteiger partial charge in [0.1, 0.15) is 6.54 Å². The number of morpholine rings is 1. The van der Waals surface area contributed by atoms with Crippen LogP contribution in [0.15, 0.2) is 24.3 Å². The van der Waals surface area contributed by atoms with E-state index in [4.69, 9.17) is 4.74 Å². The number of anilines is 2. The van der Waals surface area contributed by atoms with Gasteiger partial charge in [-0.25, -0.2) is 0 Å². The Hall–Kier alpha value is -2.41. The van der Waals surface area contributed by atoms with Gasteiger partial charge in [-0.15, -0.1) is 0 Å². The molecule has 3 fully saturated rings. The fraction of sp³-hybridized carbons (Fsp3) is 0.550. The number of rotatable bonds is 4. The molecule has 3 amide bonds. The lowest BCUT2D eigenvalue weighted by molar-refractivity contribution is -0.142. The van der Waals surface area contributed by atoms with Crippen molar-refractivity contribution in [1.82, 2.24) is 4.90 Å². The Morgan fingerprint density at radius 3 is 2.19 bits per heavy atom. The van der Waals surface area contributed by atoms with Gasteiger partial charge < -0.3 is 15.0 Å². The van der Waals surface area contributed by atoms with Gasteiger partial charge >= 0.3 is 0 Å². The van der Waals surface area contributed by atoms with E-state index in [0.29, 0.717) is 5.69 Å². The minimum absolute atomic E-state index is 0.178. The van der Waals surface area contributed by atoms with E-state index in [-0.39, 0.29) is 36.1 Å². The molecule has 7 nitrogen and oxygen atoms in total. The summed E-state index contributed by atoms with van der Waals surface area (Å²) < 4.78 is 5.35. The Balaban J connectivity index is 1.35. The van der Waals surface area contributed by atoms with Gasteiger partial charge in [0.05, 0.1) is 25.0 Å². The summed E-state index contributed by atoms with van der Waals surface area (Å²) in [5.41, 5.74) is 1.75. The van der Waals surface area contributed by atoms with E-state index < -0.39 is 0 Å². The lowest BCUT2D eigenvalue weighted by Gasteiger charge is -2.28. The molecule has 0 bridgehead atoms. The number of ether oxygens (including phenoxy) is 1. The highest BCUT2D eigenvalue weighted by molar-refractivity contribution is 6.08. The van der Waals surface area contributed by atoms with Crippen molar-refractivity contribution in [2.24, 2.45) is 11.8 Å². The Morgan fingerprint density at radius 2 is 1.59 bits per heavy atom. The van der Waals surface area contributed by atoms with Gasteiger partial charge in [0.2, 0.25) is 17.7 Å². The highest BCUT2D eigenvalue weighted by Crippen LogP contribution is 2.37. The standard InChI is InChI=1S/C20H25N3O4/c24-18(13-23-19(25)16-3-1-2-4-17(16)20(23)26)21-14-5-7-15(8-6-14)22-9-11-27-12-10-22/h5-8,16-17H,1-4,9-13H2,(H,21,24)/t16-,17-/m1/s1. The van der Waals surface area contributed by atoms with Crippen LogP contribution in [0.25, 0.3) is 0 Å². The maximum absolute atomic E-state index is 12.5. The highest BCUT2D eigenvalue weighted by atomic mass is 16.5. The summed E-state index contributed by atoms with van der Waals surface area (Å²) in [6, 6.07) is 7.61. The molecule has 2 saturated heterocycles. The average molecular weight is 371 g/mol. The number of carbonyl (C=O) groups is 3. The second-order valence-corrected chi connectivity index (χ2v) is 7.45. The highest BCUT2D eigenvalue weighted by Gasteiger charge is 2.48. The summed E-state index contributed by atoms with van der Waals surface area (Å²) in [5.74, 6) is -1.13. The van der Waals surface area contributed by atoms with Gasteiger partial charge in [-0.2, -0.15) is 0 Å². The second-order valence-electron chi connectivity index (χ2n) is 7.45. The number of benzene rings is 1. The molecule has 7 heteroatoms. The van der Waals surface area contributed by atoms with Crippen molar-refractivity contribution in [3.05, 3.63) is 24.3 Å². The molecule has 1 saturated carbocycles. The van der Waals surface area contributed by atoms with Crippen LogP contribution in [0.1, 0.15) is 25.7 Å². The molecule has 144 valence electrons. The average Bonchev–Trinajstić information content (AvgIpc) is 2.94. The number of fused-ring (bicyclic) bond motifs is 1. The summed E-state index contributed by atoms with van der Waals surface area (Å²) in [6.07, 6.45) is 3.48.